The van der Waals surface area contributed by atoms with Crippen molar-refractivity contribution in [3.05, 3.63) is 31.4 Å². The minimum Gasteiger partial charge on any atom is -0.340 e. The van der Waals surface area contributed by atoms with Gasteiger partial charge in [-0.25, -0.2) is 4.98 Å². The van der Waals surface area contributed by atoms with Crippen LogP contribution in [0, 0.1) is 0 Å². The van der Waals surface area contributed by atoms with Crippen molar-refractivity contribution >= 4 is 0 Å². The van der Waals surface area contributed by atoms with E-state index >= 15 is 0 Å². The van der Waals surface area contributed by atoms with Crippen LogP contribution >= 0.6 is 0 Å². The van der Waals surface area contributed by atoms with E-state index in [9.17, 15) is 0 Å². The number of aromatic nitrogens is 2. The van der Waals surface area contributed by atoms with Gasteiger partial charge in [-0.3, -0.25) is 0 Å². The fraction of sp³-hybridized carbons (Fsp3) is 0.706. The maximum Gasteiger partial charge on any atom is 0.0946 e. The van der Waals surface area contributed by atoms with Crippen LogP contribution in [0.5, 0.6) is 0 Å². The van der Waals surface area contributed by atoms with E-state index in [1.54, 1.807) is 0 Å². The Balaban J connectivity index is -0.000000239. The number of imidazole rings is 1. The average Bonchev–Trinajstić information content (AvgIpc) is 2.88. The lowest BCUT2D eigenvalue weighted by molar-refractivity contribution is 0.712. The molecule has 0 amide bonds. The van der Waals surface area contributed by atoms with Gasteiger partial charge in [-0.05, 0) is 12.3 Å². The number of hydrogen-bond donors (Lipinski definition) is 0. The lowest BCUT2D eigenvalue weighted by Crippen LogP contribution is -1.90. The highest BCUT2D eigenvalue weighted by atomic mass is 15.0. The summed E-state index contributed by atoms with van der Waals surface area (Å²) in [5, 5.41) is 0. The van der Waals surface area contributed by atoms with Crippen LogP contribution in [0.15, 0.2) is 25.7 Å². The van der Waals surface area contributed by atoms with Crippen LogP contribution < -0.4 is 0 Å². The number of aryl methyl sites for hydroxylation is 1. The summed E-state index contributed by atoms with van der Waals surface area (Å²) in [6.45, 7) is 19.0. The van der Waals surface area contributed by atoms with Crippen LogP contribution in [0.25, 0.3) is 0 Å². The Morgan fingerprint density at radius 2 is 1.53 bits per heavy atom. The molecule has 2 heteroatoms. The van der Waals surface area contributed by atoms with E-state index in [1.807, 2.05) is 17.9 Å². The van der Waals surface area contributed by atoms with Crippen LogP contribution in [0.3, 0.4) is 0 Å². The maximum atomic E-state index is 4.25. The lowest BCUT2D eigenvalue weighted by atomic mass is 10.1. The SMILES string of the molecule is C=C.CCC.CCC(C)c1cn(C)cn1.CCCC. The zero-order chi connectivity index (χ0) is 15.7. The monoisotopic (exact) mass is 268 g/mol. The second-order valence-corrected chi connectivity index (χ2v) is 4.48. The molecule has 1 atom stereocenters. The molecule has 1 heterocycles. The van der Waals surface area contributed by atoms with Gasteiger partial charge in [-0.1, -0.05) is 60.8 Å². The third-order valence-corrected chi connectivity index (χ3v) is 2.34. The van der Waals surface area contributed by atoms with Crippen LogP contribution in [0.4, 0.5) is 0 Å². The Morgan fingerprint density at radius 3 is 1.74 bits per heavy atom. The van der Waals surface area contributed by atoms with Gasteiger partial charge in [0.2, 0.25) is 0 Å². The molecule has 0 bridgehead atoms. The van der Waals surface area contributed by atoms with Gasteiger partial charge in [0, 0.05) is 13.2 Å². The minimum absolute atomic E-state index is 0.598. The van der Waals surface area contributed by atoms with Crippen molar-refractivity contribution < 1.29 is 0 Å². The second-order valence-electron chi connectivity index (χ2n) is 4.48. The molecule has 0 saturated heterocycles. The van der Waals surface area contributed by atoms with E-state index in [-0.39, 0.29) is 0 Å². The molecule has 0 N–H and O–H groups in total. The Kier molecular flexibility index (Phi) is 23.4. The van der Waals surface area contributed by atoms with E-state index in [2.05, 4.69) is 65.9 Å². The van der Waals surface area contributed by atoms with Crippen LogP contribution in [-0.2, 0) is 7.05 Å². The molecule has 0 saturated carbocycles. The molecule has 0 aromatic carbocycles. The van der Waals surface area contributed by atoms with Crippen LogP contribution in [0.1, 0.15) is 78.8 Å². The molecule has 0 aliphatic heterocycles. The molecule has 0 aliphatic carbocycles. The van der Waals surface area contributed by atoms with Crippen molar-refractivity contribution in [2.45, 2.75) is 73.1 Å². The molecular weight excluding hydrogens is 232 g/mol. The Labute approximate surface area is 122 Å². The fourth-order valence-electron chi connectivity index (χ4n) is 0.897. The predicted octanol–water partition coefficient (Wildman–Crippen LogP) is 5.96. The highest BCUT2D eigenvalue weighted by Crippen LogP contribution is 2.14. The molecule has 1 unspecified atom stereocenters. The first-order chi connectivity index (χ1) is 9.06. The first kappa shape index (κ1) is 23.1. The lowest BCUT2D eigenvalue weighted by Gasteiger charge is -2.01. The molecular formula is C17H36N2. The Morgan fingerprint density at radius 1 is 1.11 bits per heavy atom. The summed E-state index contributed by atoms with van der Waals surface area (Å²) >= 11 is 0. The standard InChI is InChI=1S/C8H14N2.C4H10.C3H8.C2H4/c1-4-7(2)8-5-10(3)6-9-8;1-3-4-2;1-3-2;1-2/h5-7H,4H2,1-3H3;3-4H2,1-2H3;3H2,1-2H3;1-2H2. The van der Waals surface area contributed by atoms with E-state index in [0.29, 0.717) is 5.92 Å². The van der Waals surface area contributed by atoms with Gasteiger partial charge in [0.25, 0.3) is 0 Å². The zero-order valence-electron chi connectivity index (χ0n) is 14.4. The number of unbranched alkanes of at least 4 members (excludes halogenated alkanes) is 1. The van der Waals surface area contributed by atoms with Crippen molar-refractivity contribution in [1.82, 2.24) is 9.55 Å². The number of hydrogen-bond acceptors (Lipinski definition) is 1. The molecule has 114 valence electrons. The van der Waals surface area contributed by atoms with Gasteiger partial charge in [-0.15, -0.1) is 13.2 Å². The third kappa shape index (κ3) is 16.9. The summed E-state index contributed by atoms with van der Waals surface area (Å²) in [4.78, 5) is 4.25. The number of rotatable bonds is 3. The molecule has 1 aromatic rings. The van der Waals surface area contributed by atoms with Gasteiger partial charge in [0.1, 0.15) is 0 Å². The summed E-state index contributed by atoms with van der Waals surface area (Å²) < 4.78 is 1.99. The van der Waals surface area contributed by atoms with Gasteiger partial charge >= 0.3 is 0 Å². The van der Waals surface area contributed by atoms with Crippen molar-refractivity contribution in [1.29, 1.82) is 0 Å². The summed E-state index contributed by atoms with van der Waals surface area (Å²) in [7, 11) is 2.00. The molecule has 2 nitrogen and oxygen atoms in total. The highest BCUT2D eigenvalue weighted by molar-refractivity contribution is 5.02. The molecule has 0 fully saturated rings. The zero-order valence-corrected chi connectivity index (χ0v) is 14.4. The fourth-order valence-corrected chi connectivity index (χ4v) is 0.897. The minimum atomic E-state index is 0.598. The van der Waals surface area contributed by atoms with E-state index in [4.69, 9.17) is 0 Å². The van der Waals surface area contributed by atoms with Gasteiger partial charge in [0.15, 0.2) is 0 Å². The van der Waals surface area contributed by atoms with Crippen LogP contribution in [-0.4, -0.2) is 9.55 Å². The van der Waals surface area contributed by atoms with Gasteiger partial charge in [-0.2, -0.15) is 0 Å². The molecule has 1 aromatic heterocycles. The Hall–Kier alpha value is -1.05. The smallest absolute Gasteiger partial charge is 0.0946 e. The maximum absolute atomic E-state index is 4.25. The summed E-state index contributed by atoms with van der Waals surface area (Å²) in [6.07, 6.45) is 8.98. The topological polar surface area (TPSA) is 17.8 Å². The van der Waals surface area contributed by atoms with Gasteiger partial charge in [0.05, 0.1) is 12.0 Å². The highest BCUT2D eigenvalue weighted by Gasteiger charge is 2.03. The van der Waals surface area contributed by atoms with Gasteiger partial charge < -0.3 is 4.57 Å². The molecule has 19 heavy (non-hydrogen) atoms. The van der Waals surface area contributed by atoms with Crippen molar-refractivity contribution in [2.75, 3.05) is 0 Å². The normalized spacial score (nSPS) is 9.84. The van der Waals surface area contributed by atoms with E-state index < -0.39 is 0 Å². The summed E-state index contributed by atoms with van der Waals surface area (Å²) in [5.41, 5.74) is 1.20. The van der Waals surface area contributed by atoms with Crippen molar-refractivity contribution in [3.63, 3.8) is 0 Å². The molecule has 1 rings (SSSR count). The molecule has 0 radical (unpaired) electrons. The Bertz CT molecular complexity index is 252. The van der Waals surface area contributed by atoms with Crippen molar-refractivity contribution in [3.8, 4) is 0 Å². The van der Waals surface area contributed by atoms with E-state index in [1.165, 1.54) is 25.0 Å². The second kappa shape index (κ2) is 19.3. The average molecular weight is 268 g/mol. The molecule has 0 aliphatic rings. The predicted molar refractivity (Wildman–Crippen MR) is 89.7 cm³/mol. The van der Waals surface area contributed by atoms with E-state index in [0.717, 1.165) is 6.42 Å². The number of nitrogens with zero attached hydrogens (tertiary/aromatic N) is 2. The summed E-state index contributed by atoms with van der Waals surface area (Å²) in [5.74, 6) is 0.598. The van der Waals surface area contributed by atoms with Crippen LogP contribution in [0.2, 0.25) is 0 Å². The largest absolute Gasteiger partial charge is 0.340 e. The van der Waals surface area contributed by atoms with Crippen molar-refractivity contribution in [2.24, 2.45) is 7.05 Å². The third-order valence-electron chi connectivity index (χ3n) is 2.34. The quantitative estimate of drug-likeness (QED) is 0.618. The first-order valence-corrected chi connectivity index (χ1v) is 7.54. The first-order valence-electron chi connectivity index (χ1n) is 7.54. The molecule has 0 spiro atoms. The summed E-state index contributed by atoms with van der Waals surface area (Å²) in [6, 6.07) is 0.